The van der Waals surface area contributed by atoms with Crippen molar-refractivity contribution in [3.05, 3.63) is 11.0 Å². The normalized spacial score (nSPS) is 23.5. The number of H-pyrrole nitrogens is 1. The van der Waals surface area contributed by atoms with Crippen molar-refractivity contribution in [2.45, 2.75) is 49.8 Å². The summed E-state index contributed by atoms with van der Waals surface area (Å²) >= 11 is 5.28. The number of rotatable bonds is 11. The van der Waals surface area contributed by atoms with Gasteiger partial charge in [0.25, 0.3) is 0 Å². The highest BCUT2D eigenvalue weighted by Gasteiger charge is 2.43. The molecule has 15 heteroatoms. The highest BCUT2D eigenvalue weighted by atomic mass is 32.1. The van der Waals surface area contributed by atoms with Gasteiger partial charge in [-0.05, 0) is 12.8 Å². The van der Waals surface area contributed by atoms with E-state index in [9.17, 15) is 24.9 Å². The molecule has 2 aromatic heterocycles. The van der Waals surface area contributed by atoms with Gasteiger partial charge in [-0.15, -0.1) is 0 Å². The lowest BCUT2D eigenvalue weighted by Crippen LogP contribution is -2.41. The Labute approximate surface area is 192 Å². The molecule has 1 aliphatic heterocycles. The van der Waals surface area contributed by atoms with Crippen molar-refractivity contribution in [1.29, 1.82) is 0 Å². The van der Waals surface area contributed by atoms with E-state index in [4.69, 9.17) is 27.8 Å². The van der Waals surface area contributed by atoms with Crippen LogP contribution >= 0.6 is 12.2 Å². The maximum atomic E-state index is 11.9. The number of hydrogen-bond acceptors (Lipinski definition) is 11. The number of aromatic amines is 1. The van der Waals surface area contributed by atoms with Gasteiger partial charge in [-0.1, -0.05) is 12.2 Å². The number of aliphatic hydroxyl groups is 3. The van der Waals surface area contributed by atoms with E-state index in [0.29, 0.717) is 36.6 Å². The van der Waals surface area contributed by atoms with Gasteiger partial charge in [0.1, 0.15) is 29.5 Å². The lowest BCUT2D eigenvalue weighted by atomic mass is 10.1. The summed E-state index contributed by atoms with van der Waals surface area (Å²) in [6.07, 6.45) is -2.66. The summed E-state index contributed by atoms with van der Waals surface area (Å²) in [6, 6.07) is -0.883. The van der Waals surface area contributed by atoms with Crippen molar-refractivity contribution in [2.75, 3.05) is 25.0 Å². The van der Waals surface area contributed by atoms with Gasteiger partial charge in [-0.3, -0.25) is 14.2 Å². The Morgan fingerprint density at radius 1 is 1.33 bits per heavy atom. The molecular weight excluding hydrogens is 458 g/mol. The summed E-state index contributed by atoms with van der Waals surface area (Å²) in [5.41, 5.74) is 6.43. The number of carboxylic acids is 1. The Bertz CT molecular complexity index is 1040. The molecule has 182 valence electrons. The zero-order valence-electron chi connectivity index (χ0n) is 17.5. The zero-order valence-corrected chi connectivity index (χ0v) is 18.4. The number of nitrogens with one attached hydrogen (secondary N) is 3. The Morgan fingerprint density at radius 2 is 2.09 bits per heavy atom. The van der Waals surface area contributed by atoms with Crippen molar-refractivity contribution >= 4 is 41.2 Å². The van der Waals surface area contributed by atoms with E-state index in [1.54, 1.807) is 0 Å². The highest BCUT2D eigenvalue weighted by molar-refractivity contribution is 7.71. The third-order valence-corrected chi connectivity index (χ3v) is 5.47. The van der Waals surface area contributed by atoms with Crippen LogP contribution in [-0.4, -0.2) is 95.9 Å². The molecule has 1 aliphatic rings. The summed E-state index contributed by atoms with van der Waals surface area (Å²) < 4.78 is 7.22. The molecule has 0 aromatic carbocycles. The Hall–Kier alpha value is -2.69. The van der Waals surface area contributed by atoms with Gasteiger partial charge in [0.15, 0.2) is 10.9 Å². The van der Waals surface area contributed by atoms with Gasteiger partial charge >= 0.3 is 5.97 Å². The molecule has 3 unspecified atom stereocenters. The molecule has 3 rings (SSSR count). The first-order valence-corrected chi connectivity index (χ1v) is 10.7. The molecule has 14 nitrogen and oxygen atoms in total. The fraction of sp³-hybridized carbons (Fsp3) is 0.611. The van der Waals surface area contributed by atoms with E-state index in [-0.39, 0.29) is 17.5 Å². The van der Waals surface area contributed by atoms with E-state index in [2.05, 4.69) is 25.6 Å². The van der Waals surface area contributed by atoms with Crippen LogP contribution in [0.3, 0.4) is 0 Å². The number of anilines is 1. The van der Waals surface area contributed by atoms with Gasteiger partial charge in [0, 0.05) is 19.5 Å². The van der Waals surface area contributed by atoms with Gasteiger partial charge in [0.05, 0.1) is 19.0 Å². The summed E-state index contributed by atoms with van der Waals surface area (Å²) in [5, 5.41) is 43.9. The van der Waals surface area contributed by atoms with E-state index >= 15 is 0 Å². The summed E-state index contributed by atoms with van der Waals surface area (Å²) in [5.74, 6) is -1.10. The fourth-order valence-electron chi connectivity index (χ4n) is 3.37. The number of carbonyl (C=O) groups is 2. The van der Waals surface area contributed by atoms with Crippen molar-refractivity contribution < 1.29 is 34.8 Å². The average molecular weight is 486 g/mol. The molecule has 1 saturated heterocycles. The first kappa shape index (κ1) is 24.9. The number of ether oxygens (including phenoxy) is 1. The van der Waals surface area contributed by atoms with Crippen LogP contribution in [0.2, 0.25) is 0 Å². The van der Waals surface area contributed by atoms with E-state index in [1.165, 1.54) is 10.9 Å². The predicted molar refractivity (Wildman–Crippen MR) is 117 cm³/mol. The van der Waals surface area contributed by atoms with Crippen molar-refractivity contribution in [3.63, 3.8) is 0 Å². The molecule has 5 atom stereocenters. The quantitative estimate of drug-likeness (QED) is 0.131. The van der Waals surface area contributed by atoms with Crippen LogP contribution in [0.25, 0.3) is 11.2 Å². The van der Waals surface area contributed by atoms with Crippen LogP contribution in [-0.2, 0) is 14.3 Å². The minimum absolute atomic E-state index is 0.0586. The number of hydrogen-bond donors (Lipinski definition) is 8. The number of carbonyl (C=O) groups excluding carboxylic acids is 1. The van der Waals surface area contributed by atoms with Gasteiger partial charge in [-0.2, -0.15) is 0 Å². The zero-order chi connectivity index (χ0) is 24.1. The topological polar surface area (TPSA) is 221 Å². The number of amides is 1. The minimum atomic E-state index is -1.28. The molecule has 0 spiro atoms. The van der Waals surface area contributed by atoms with E-state index in [0.717, 1.165) is 0 Å². The lowest BCUT2D eigenvalue weighted by molar-refractivity contribution is -0.137. The first-order chi connectivity index (χ1) is 15.7. The summed E-state index contributed by atoms with van der Waals surface area (Å²) in [4.78, 5) is 33.8. The smallest absolute Gasteiger partial charge is 0.303 e. The lowest BCUT2D eigenvalue weighted by Gasteiger charge is -2.17. The van der Waals surface area contributed by atoms with Crippen LogP contribution in [0.5, 0.6) is 0 Å². The molecular formula is C18H27N7O7S. The molecule has 1 amide bonds. The number of aliphatic carboxylic acids is 1. The van der Waals surface area contributed by atoms with Gasteiger partial charge < -0.3 is 46.5 Å². The van der Waals surface area contributed by atoms with Crippen LogP contribution < -0.4 is 16.4 Å². The molecule has 0 radical (unpaired) electrons. The highest BCUT2D eigenvalue weighted by Crippen LogP contribution is 2.31. The molecule has 0 aliphatic carbocycles. The third-order valence-electron chi connectivity index (χ3n) is 5.19. The fourth-order valence-corrected chi connectivity index (χ4v) is 3.61. The van der Waals surface area contributed by atoms with Crippen LogP contribution in [0.1, 0.15) is 25.5 Å². The number of aliphatic hydroxyl groups excluding tert-OH is 3. The maximum Gasteiger partial charge on any atom is 0.303 e. The predicted octanol–water partition coefficient (Wildman–Crippen LogP) is -1.79. The number of fused-ring (bicyclic) bond motifs is 1. The number of nitrogens with two attached hydrogens (primary N) is 1. The second kappa shape index (κ2) is 11.0. The molecule has 0 bridgehead atoms. The molecule has 9 N–H and O–H groups in total. The first-order valence-electron chi connectivity index (χ1n) is 10.3. The van der Waals surface area contributed by atoms with Gasteiger partial charge in [-0.25, -0.2) is 9.97 Å². The van der Waals surface area contributed by atoms with Crippen LogP contribution in [0.15, 0.2) is 6.33 Å². The Kier molecular flexibility index (Phi) is 8.28. The van der Waals surface area contributed by atoms with Crippen molar-refractivity contribution in [3.8, 4) is 0 Å². The number of nitrogens with zero attached hydrogens (tertiary/aromatic N) is 3. The van der Waals surface area contributed by atoms with Gasteiger partial charge in [0.2, 0.25) is 11.9 Å². The second-order valence-electron chi connectivity index (χ2n) is 7.58. The Balaban J connectivity index is 1.58. The molecule has 33 heavy (non-hydrogen) atoms. The van der Waals surface area contributed by atoms with Crippen molar-refractivity contribution in [1.82, 2.24) is 24.8 Å². The molecule has 0 saturated carbocycles. The van der Waals surface area contributed by atoms with Crippen LogP contribution in [0.4, 0.5) is 5.95 Å². The maximum absolute atomic E-state index is 11.9. The van der Waals surface area contributed by atoms with E-state index < -0.39 is 49.1 Å². The minimum Gasteiger partial charge on any atom is -0.481 e. The average Bonchev–Trinajstić information content (AvgIpc) is 3.32. The monoisotopic (exact) mass is 485 g/mol. The van der Waals surface area contributed by atoms with Crippen molar-refractivity contribution in [2.24, 2.45) is 5.73 Å². The largest absolute Gasteiger partial charge is 0.481 e. The molecule has 3 heterocycles. The third kappa shape index (κ3) is 5.82. The number of aromatic nitrogens is 4. The molecule has 2 aromatic rings. The summed E-state index contributed by atoms with van der Waals surface area (Å²) in [6.45, 7) is 0.277. The van der Waals surface area contributed by atoms with E-state index in [1.807, 2.05) is 0 Å². The van der Waals surface area contributed by atoms with Crippen LogP contribution in [0, 0.1) is 4.64 Å². The SMILES string of the molecule is NC(CCC(=O)O)C(=O)NCCCNc1nc(=S)c2ncn([C@@H]3O[C@H](CO)C(O)C3O)c2[nH]1. The number of carboxylic acid groups (broad SMARTS) is 1. The number of imidazole rings is 1. The Morgan fingerprint density at radius 3 is 2.76 bits per heavy atom. The summed E-state index contributed by atoms with van der Waals surface area (Å²) in [7, 11) is 0. The standard InChI is InChI=1S/C18H27N7O7S/c19-8(2-3-10(27)28)15(31)20-4-1-5-21-18-23-14-11(16(33)24-18)22-7-25(14)17-13(30)12(29)9(6-26)32-17/h7-9,12-13,17,26,29-30H,1-6,19H2,(H,20,31)(H,27,28)(H2,21,23,24,33)/t8?,9-,12?,13?,17-/m1/s1. The molecule has 1 fully saturated rings. The second-order valence-corrected chi connectivity index (χ2v) is 7.97.